The van der Waals surface area contributed by atoms with Crippen LogP contribution in [0.2, 0.25) is 0 Å². The maximum absolute atomic E-state index is 2.53. The molecule has 1 nitrogen and oxygen atoms in total. The third-order valence-electron chi connectivity index (χ3n) is 9.23. The van der Waals surface area contributed by atoms with Crippen molar-refractivity contribution in [1.29, 1.82) is 0 Å². The van der Waals surface area contributed by atoms with Crippen molar-refractivity contribution in [3.63, 3.8) is 0 Å². The summed E-state index contributed by atoms with van der Waals surface area (Å²) >= 11 is 0. The van der Waals surface area contributed by atoms with Crippen molar-refractivity contribution in [2.45, 2.75) is 226 Å². The molecule has 0 radical (unpaired) electrons. The van der Waals surface area contributed by atoms with Crippen LogP contribution >= 0.6 is 0 Å². The Hall–Kier alpha value is -0.850. The summed E-state index contributed by atoms with van der Waals surface area (Å²) in [5, 5.41) is 0. The maximum Gasteiger partial charge on any atom is 0.172 e. The van der Waals surface area contributed by atoms with Crippen LogP contribution in [0, 0.1) is 0 Å². The molecule has 0 saturated heterocycles. The molecule has 0 unspecified atom stereocenters. The van der Waals surface area contributed by atoms with Gasteiger partial charge in [0.2, 0.25) is 0 Å². The second kappa shape index (κ2) is 29.2. The van der Waals surface area contributed by atoms with Crippen LogP contribution < -0.4 is 4.57 Å². The topological polar surface area (TPSA) is 3.88 Å². The highest BCUT2D eigenvalue weighted by Gasteiger charge is 2.11. The fourth-order valence-corrected chi connectivity index (χ4v) is 6.35. The molecule has 1 heterocycles. The van der Waals surface area contributed by atoms with Gasteiger partial charge in [-0.3, -0.25) is 0 Å². The van der Waals surface area contributed by atoms with E-state index in [9.17, 15) is 0 Å². The SMILES string of the molecule is CCCCCCCCCCCCCCCCc1cc(CCCCCCCCCCCCCCCC)c[n+](C(C)C)c1. The van der Waals surface area contributed by atoms with Crippen LogP contribution in [0.3, 0.4) is 0 Å². The van der Waals surface area contributed by atoms with Gasteiger partial charge in [0.1, 0.15) is 0 Å². The average Bonchev–Trinajstić information content (AvgIpc) is 2.97. The van der Waals surface area contributed by atoms with Gasteiger partial charge in [-0.25, -0.2) is 4.57 Å². The molecule has 0 aliphatic heterocycles. The molecular weight excluding hydrogens is 494 g/mol. The van der Waals surface area contributed by atoms with E-state index in [0.29, 0.717) is 6.04 Å². The molecule has 0 spiro atoms. The third-order valence-corrected chi connectivity index (χ3v) is 9.23. The van der Waals surface area contributed by atoms with Crippen molar-refractivity contribution in [1.82, 2.24) is 0 Å². The van der Waals surface area contributed by atoms with E-state index in [1.807, 2.05) is 0 Å². The number of hydrogen-bond acceptors (Lipinski definition) is 0. The molecule has 1 rings (SSSR count). The number of hydrogen-bond donors (Lipinski definition) is 0. The summed E-state index contributed by atoms with van der Waals surface area (Å²) in [5.41, 5.74) is 3.14. The number of aromatic nitrogens is 1. The van der Waals surface area contributed by atoms with Gasteiger partial charge in [-0.05, 0) is 45.6 Å². The Balaban J connectivity index is 2.07. The van der Waals surface area contributed by atoms with E-state index in [4.69, 9.17) is 0 Å². The predicted octanol–water partition coefficient (Wildman–Crippen LogP) is 13.6. The number of aryl methyl sites for hydroxylation is 2. The third kappa shape index (κ3) is 24.3. The van der Waals surface area contributed by atoms with Crippen LogP contribution in [0.25, 0.3) is 0 Å². The van der Waals surface area contributed by atoms with Gasteiger partial charge >= 0.3 is 0 Å². The highest BCUT2D eigenvalue weighted by atomic mass is 15.0. The van der Waals surface area contributed by atoms with Crippen molar-refractivity contribution in [2.75, 3.05) is 0 Å². The Kier molecular flexibility index (Phi) is 27.2. The molecule has 0 saturated carbocycles. The smallest absolute Gasteiger partial charge is 0.172 e. The second-order valence-electron chi connectivity index (χ2n) is 13.8. The van der Waals surface area contributed by atoms with E-state index >= 15 is 0 Å². The molecule has 0 bridgehead atoms. The van der Waals surface area contributed by atoms with Crippen molar-refractivity contribution in [2.24, 2.45) is 0 Å². The van der Waals surface area contributed by atoms with Crippen molar-refractivity contribution < 1.29 is 4.57 Å². The fraction of sp³-hybridized carbons (Fsp3) is 0.875. The summed E-state index contributed by atoms with van der Waals surface area (Å²) in [6.45, 7) is 9.27. The predicted molar refractivity (Wildman–Crippen MR) is 185 cm³/mol. The van der Waals surface area contributed by atoms with E-state index in [1.54, 1.807) is 11.1 Å². The second-order valence-corrected chi connectivity index (χ2v) is 13.8. The molecule has 1 aromatic heterocycles. The van der Waals surface area contributed by atoms with Gasteiger partial charge in [0.05, 0.1) is 0 Å². The Morgan fingerprint density at radius 3 is 0.878 bits per heavy atom. The summed E-state index contributed by atoms with van der Waals surface area (Å²) in [7, 11) is 0. The van der Waals surface area contributed by atoms with E-state index < -0.39 is 0 Å². The Morgan fingerprint density at radius 2 is 0.634 bits per heavy atom. The molecule has 0 aliphatic carbocycles. The molecule has 0 aliphatic rings. The average molecular weight is 571 g/mol. The first-order chi connectivity index (χ1) is 20.2. The number of rotatable bonds is 31. The van der Waals surface area contributed by atoms with Crippen LogP contribution in [-0.2, 0) is 12.8 Å². The van der Waals surface area contributed by atoms with E-state index in [1.165, 1.54) is 193 Å². The number of nitrogens with zero attached hydrogens (tertiary/aromatic N) is 1. The van der Waals surface area contributed by atoms with E-state index in [2.05, 4.69) is 50.7 Å². The van der Waals surface area contributed by atoms with E-state index in [-0.39, 0.29) is 0 Å². The van der Waals surface area contributed by atoms with Crippen molar-refractivity contribution >= 4 is 0 Å². The molecule has 0 aromatic carbocycles. The van der Waals surface area contributed by atoms with Crippen LogP contribution in [-0.4, -0.2) is 0 Å². The van der Waals surface area contributed by atoms with Crippen LogP contribution in [0.1, 0.15) is 225 Å². The highest BCUT2D eigenvalue weighted by Crippen LogP contribution is 2.17. The lowest BCUT2D eigenvalue weighted by molar-refractivity contribution is -0.716. The monoisotopic (exact) mass is 571 g/mol. The van der Waals surface area contributed by atoms with Gasteiger partial charge in [-0.1, -0.05) is 181 Å². The minimum atomic E-state index is 0.557. The van der Waals surface area contributed by atoms with E-state index in [0.717, 1.165) is 0 Å². The quantitative estimate of drug-likeness (QED) is 0.0617. The van der Waals surface area contributed by atoms with Gasteiger partial charge < -0.3 is 0 Å². The van der Waals surface area contributed by atoms with Crippen LogP contribution in [0.5, 0.6) is 0 Å². The molecule has 0 N–H and O–H groups in total. The Bertz CT molecular complexity index is 613. The largest absolute Gasteiger partial charge is 0.203 e. The van der Waals surface area contributed by atoms with Crippen molar-refractivity contribution in [3.8, 4) is 0 Å². The molecule has 1 heteroatoms. The zero-order valence-corrected chi connectivity index (χ0v) is 29.0. The maximum atomic E-state index is 2.53. The first-order valence-electron chi connectivity index (χ1n) is 19.2. The summed E-state index contributed by atoms with van der Waals surface area (Å²) in [4.78, 5) is 0. The molecule has 41 heavy (non-hydrogen) atoms. The van der Waals surface area contributed by atoms with Crippen molar-refractivity contribution in [3.05, 3.63) is 29.6 Å². The zero-order chi connectivity index (χ0) is 29.6. The first kappa shape index (κ1) is 38.2. The van der Waals surface area contributed by atoms with Gasteiger partial charge in [0.25, 0.3) is 0 Å². The fourth-order valence-electron chi connectivity index (χ4n) is 6.35. The van der Waals surface area contributed by atoms with Gasteiger partial charge in [0.15, 0.2) is 18.4 Å². The minimum Gasteiger partial charge on any atom is -0.203 e. The van der Waals surface area contributed by atoms with Gasteiger partial charge in [0, 0.05) is 11.1 Å². The lowest BCUT2D eigenvalue weighted by atomic mass is 10.0. The summed E-state index contributed by atoms with van der Waals surface area (Å²) in [5.74, 6) is 0. The summed E-state index contributed by atoms with van der Waals surface area (Å²) in [6.07, 6.45) is 47.7. The molecule has 0 fully saturated rings. The molecule has 1 aromatic rings. The van der Waals surface area contributed by atoms with Crippen LogP contribution in [0.15, 0.2) is 18.5 Å². The molecule has 0 amide bonds. The standard InChI is InChI=1S/C40H76N/c1-5-7-9-11-13-15-17-19-21-23-25-27-29-31-33-39-35-40(37-41(36-39)38(3)4)34-32-30-28-26-24-22-20-18-16-14-12-10-8-6-2/h35-38H,5-34H2,1-4H3/q+1. The molecule has 0 atom stereocenters. The highest BCUT2D eigenvalue weighted by molar-refractivity contribution is 5.15. The first-order valence-corrected chi connectivity index (χ1v) is 19.2. The Morgan fingerprint density at radius 1 is 0.390 bits per heavy atom. The lowest BCUT2D eigenvalue weighted by Crippen LogP contribution is -2.36. The summed E-state index contributed by atoms with van der Waals surface area (Å²) < 4.78 is 2.47. The van der Waals surface area contributed by atoms with Gasteiger partial charge in [-0.15, -0.1) is 0 Å². The molecular formula is C40H76N+. The zero-order valence-electron chi connectivity index (χ0n) is 29.0. The minimum absolute atomic E-state index is 0.557. The summed E-state index contributed by atoms with van der Waals surface area (Å²) in [6, 6.07) is 3.09. The lowest BCUT2D eigenvalue weighted by Gasteiger charge is -2.08. The van der Waals surface area contributed by atoms with Crippen LogP contribution in [0.4, 0.5) is 0 Å². The number of pyridine rings is 1. The normalized spacial score (nSPS) is 11.6. The van der Waals surface area contributed by atoms with Gasteiger partial charge in [-0.2, -0.15) is 0 Å². The Labute approximate surface area is 260 Å². The number of unbranched alkanes of at least 4 members (excludes halogenated alkanes) is 26. The molecule has 240 valence electrons.